The fraction of sp³-hybridized carbons (Fsp3) is 0.250. The van der Waals surface area contributed by atoms with Gasteiger partial charge < -0.3 is 5.32 Å². The molecule has 0 spiro atoms. The maximum absolute atomic E-state index is 12.1. The highest BCUT2D eigenvalue weighted by Gasteiger charge is 2.14. The number of nitrogens with zero attached hydrogens (tertiary/aromatic N) is 1. The molecule has 0 radical (unpaired) electrons. The molecule has 0 saturated heterocycles. The average molecular weight is 316 g/mol. The summed E-state index contributed by atoms with van der Waals surface area (Å²) in [6, 6.07) is 12.2. The molecule has 2 heterocycles. The van der Waals surface area contributed by atoms with Crippen LogP contribution in [0.1, 0.15) is 29.9 Å². The maximum Gasteiger partial charge on any atom is 0.261 e. The number of hydrogen-bond acceptors (Lipinski definition) is 4. The zero-order chi connectivity index (χ0) is 14.8. The Labute approximate surface area is 131 Å². The van der Waals surface area contributed by atoms with Gasteiger partial charge >= 0.3 is 0 Å². The van der Waals surface area contributed by atoms with Crippen molar-refractivity contribution in [1.29, 1.82) is 0 Å². The fourth-order valence-electron chi connectivity index (χ4n) is 1.95. The topological polar surface area (TPSA) is 42.0 Å². The van der Waals surface area contributed by atoms with Gasteiger partial charge in [-0.1, -0.05) is 19.1 Å². The Bertz CT molecular complexity index is 742. The van der Waals surface area contributed by atoms with Crippen molar-refractivity contribution >= 4 is 38.8 Å². The van der Waals surface area contributed by atoms with Gasteiger partial charge in [0, 0.05) is 6.04 Å². The molecular weight excluding hydrogens is 300 g/mol. The molecular formula is C16H16N2OS2. The molecule has 0 fully saturated rings. The van der Waals surface area contributed by atoms with E-state index in [1.165, 1.54) is 16.0 Å². The van der Waals surface area contributed by atoms with Crippen LogP contribution in [0.5, 0.6) is 0 Å². The summed E-state index contributed by atoms with van der Waals surface area (Å²) in [6.45, 7) is 4.08. The van der Waals surface area contributed by atoms with E-state index < -0.39 is 0 Å². The first kappa shape index (κ1) is 14.2. The highest BCUT2D eigenvalue weighted by atomic mass is 32.1. The van der Waals surface area contributed by atoms with Gasteiger partial charge in [0.15, 0.2) is 0 Å². The summed E-state index contributed by atoms with van der Waals surface area (Å²) in [5.41, 5.74) is 1.01. The summed E-state index contributed by atoms with van der Waals surface area (Å²) in [7, 11) is 0. The maximum atomic E-state index is 12.1. The number of amides is 1. The second-order valence-corrected chi connectivity index (χ2v) is 7.05. The van der Waals surface area contributed by atoms with Crippen molar-refractivity contribution in [3.63, 3.8) is 0 Å². The second kappa shape index (κ2) is 5.95. The summed E-state index contributed by atoms with van der Waals surface area (Å²) >= 11 is 3.16. The predicted molar refractivity (Wildman–Crippen MR) is 90.2 cm³/mol. The monoisotopic (exact) mass is 316 g/mol. The Kier molecular flexibility index (Phi) is 4.03. The Balaban J connectivity index is 1.85. The third-order valence-corrected chi connectivity index (χ3v) is 5.61. The number of carbonyl (C=O) groups is 1. The minimum Gasteiger partial charge on any atom is -0.349 e. The van der Waals surface area contributed by atoms with E-state index in [0.717, 1.165) is 26.7 Å². The van der Waals surface area contributed by atoms with Crippen LogP contribution in [0, 0.1) is 0 Å². The second-order valence-electron chi connectivity index (χ2n) is 4.93. The number of fused-ring (bicyclic) bond motifs is 1. The lowest BCUT2D eigenvalue weighted by Crippen LogP contribution is -2.31. The normalized spacial score (nSPS) is 12.5. The molecule has 0 aliphatic rings. The van der Waals surface area contributed by atoms with Crippen molar-refractivity contribution in [2.24, 2.45) is 0 Å². The molecule has 0 aliphatic heterocycles. The van der Waals surface area contributed by atoms with E-state index >= 15 is 0 Å². The molecule has 1 aromatic carbocycles. The van der Waals surface area contributed by atoms with E-state index in [1.807, 2.05) is 37.3 Å². The van der Waals surface area contributed by atoms with Gasteiger partial charge in [-0.2, -0.15) is 0 Å². The SMILES string of the molecule is CCC(C)NC(=O)c1ccc(-c2nc3ccccc3s2)s1. The third kappa shape index (κ3) is 2.99. The van der Waals surface area contributed by atoms with Crippen LogP contribution in [0.4, 0.5) is 0 Å². The number of thiazole rings is 1. The van der Waals surface area contributed by atoms with E-state index in [4.69, 9.17) is 0 Å². The van der Waals surface area contributed by atoms with Gasteiger partial charge in [0.05, 0.1) is 20.0 Å². The van der Waals surface area contributed by atoms with Crippen LogP contribution in [0.2, 0.25) is 0 Å². The lowest BCUT2D eigenvalue weighted by molar-refractivity contribution is 0.0943. The Hall–Kier alpha value is -1.72. The van der Waals surface area contributed by atoms with Gasteiger partial charge in [0.2, 0.25) is 0 Å². The van der Waals surface area contributed by atoms with Crippen LogP contribution >= 0.6 is 22.7 Å². The minimum atomic E-state index is 0.00158. The number of benzene rings is 1. The molecule has 3 rings (SSSR count). The highest BCUT2D eigenvalue weighted by Crippen LogP contribution is 2.34. The summed E-state index contributed by atoms with van der Waals surface area (Å²) < 4.78 is 1.17. The van der Waals surface area contributed by atoms with Crippen LogP contribution in [0.25, 0.3) is 20.1 Å². The summed E-state index contributed by atoms with van der Waals surface area (Å²) in [6.07, 6.45) is 0.932. The van der Waals surface area contributed by atoms with E-state index in [0.29, 0.717) is 0 Å². The Morgan fingerprint density at radius 1 is 1.24 bits per heavy atom. The molecule has 21 heavy (non-hydrogen) atoms. The smallest absolute Gasteiger partial charge is 0.261 e. The van der Waals surface area contributed by atoms with Gasteiger partial charge in [0.25, 0.3) is 5.91 Å². The van der Waals surface area contributed by atoms with Gasteiger partial charge in [0.1, 0.15) is 5.01 Å². The number of para-hydroxylation sites is 1. The van der Waals surface area contributed by atoms with Crippen LogP contribution in [-0.4, -0.2) is 16.9 Å². The van der Waals surface area contributed by atoms with E-state index in [-0.39, 0.29) is 11.9 Å². The third-order valence-electron chi connectivity index (χ3n) is 3.32. The standard InChI is InChI=1S/C16H16N2OS2/c1-3-10(2)17-15(19)13-8-9-14(20-13)16-18-11-6-4-5-7-12(11)21-16/h4-10H,3H2,1-2H3,(H,17,19). The average Bonchev–Trinajstić information content (AvgIpc) is 3.13. The Morgan fingerprint density at radius 3 is 2.81 bits per heavy atom. The number of hydrogen-bond donors (Lipinski definition) is 1. The van der Waals surface area contributed by atoms with Crippen molar-refractivity contribution in [1.82, 2.24) is 10.3 Å². The van der Waals surface area contributed by atoms with Crippen LogP contribution in [-0.2, 0) is 0 Å². The van der Waals surface area contributed by atoms with E-state index in [9.17, 15) is 4.79 Å². The molecule has 3 nitrogen and oxygen atoms in total. The molecule has 0 aliphatic carbocycles. The number of rotatable bonds is 4. The van der Waals surface area contributed by atoms with Crippen LogP contribution < -0.4 is 5.32 Å². The molecule has 0 saturated carbocycles. The van der Waals surface area contributed by atoms with E-state index in [1.54, 1.807) is 11.3 Å². The molecule has 1 amide bonds. The van der Waals surface area contributed by atoms with Crippen molar-refractivity contribution in [3.05, 3.63) is 41.3 Å². The molecule has 1 unspecified atom stereocenters. The molecule has 108 valence electrons. The van der Waals surface area contributed by atoms with Gasteiger partial charge in [-0.05, 0) is 37.6 Å². The Morgan fingerprint density at radius 2 is 2.05 bits per heavy atom. The zero-order valence-corrected chi connectivity index (χ0v) is 13.6. The van der Waals surface area contributed by atoms with Crippen molar-refractivity contribution in [2.45, 2.75) is 26.3 Å². The first-order chi connectivity index (χ1) is 10.2. The molecule has 3 aromatic rings. The summed E-state index contributed by atoms with van der Waals surface area (Å²) in [5.74, 6) is 0.00158. The molecule has 0 bridgehead atoms. The van der Waals surface area contributed by atoms with Crippen LogP contribution in [0.15, 0.2) is 36.4 Å². The van der Waals surface area contributed by atoms with Crippen molar-refractivity contribution in [3.8, 4) is 9.88 Å². The molecule has 1 atom stereocenters. The number of thiophene rings is 1. The van der Waals surface area contributed by atoms with Gasteiger partial charge in [-0.15, -0.1) is 22.7 Å². The molecule has 5 heteroatoms. The number of aromatic nitrogens is 1. The van der Waals surface area contributed by atoms with Crippen LogP contribution in [0.3, 0.4) is 0 Å². The zero-order valence-electron chi connectivity index (χ0n) is 11.9. The largest absolute Gasteiger partial charge is 0.349 e. The molecule has 1 N–H and O–H groups in total. The highest BCUT2D eigenvalue weighted by molar-refractivity contribution is 7.26. The van der Waals surface area contributed by atoms with Gasteiger partial charge in [-0.25, -0.2) is 4.98 Å². The van der Waals surface area contributed by atoms with Gasteiger partial charge in [-0.3, -0.25) is 4.79 Å². The predicted octanol–water partition coefficient (Wildman–Crippen LogP) is 4.55. The van der Waals surface area contributed by atoms with Crippen molar-refractivity contribution in [2.75, 3.05) is 0 Å². The quantitative estimate of drug-likeness (QED) is 0.767. The number of carbonyl (C=O) groups excluding carboxylic acids is 1. The minimum absolute atomic E-state index is 0.00158. The van der Waals surface area contributed by atoms with Crippen molar-refractivity contribution < 1.29 is 4.79 Å². The lowest BCUT2D eigenvalue weighted by atomic mass is 10.2. The summed E-state index contributed by atoms with van der Waals surface area (Å²) in [4.78, 5) is 18.5. The molecule has 2 aromatic heterocycles. The lowest BCUT2D eigenvalue weighted by Gasteiger charge is -2.09. The first-order valence-corrected chi connectivity index (χ1v) is 8.57. The number of nitrogens with one attached hydrogen (secondary N) is 1. The summed E-state index contributed by atoms with van der Waals surface area (Å²) in [5, 5.41) is 3.97. The fourth-order valence-corrected chi connectivity index (χ4v) is 3.88. The van der Waals surface area contributed by atoms with E-state index in [2.05, 4.69) is 23.3 Å². The first-order valence-electron chi connectivity index (χ1n) is 6.94.